The summed E-state index contributed by atoms with van der Waals surface area (Å²) in [5, 5.41) is 7.61. The van der Waals surface area contributed by atoms with Crippen LogP contribution in [0.5, 0.6) is 0 Å². The summed E-state index contributed by atoms with van der Waals surface area (Å²) in [7, 11) is 0. The predicted octanol–water partition coefficient (Wildman–Crippen LogP) is 0.835. The summed E-state index contributed by atoms with van der Waals surface area (Å²) < 4.78 is 0. The van der Waals surface area contributed by atoms with Gasteiger partial charge in [-0.25, -0.2) is 0 Å². The minimum absolute atomic E-state index is 0.438. The van der Waals surface area contributed by atoms with Crippen LogP contribution in [0.3, 0.4) is 0 Å². The van der Waals surface area contributed by atoms with E-state index in [2.05, 4.69) is 10.2 Å². The Kier molecular flexibility index (Phi) is 2.31. The van der Waals surface area contributed by atoms with Gasteiger partial charge in [0, 0.05) is 6.42 Å². The molecule has 1 aromatic rings. The third-order valence-electron chi connectivity index (χ3n) is 1.66. The molecule has 1 heterocycles. The summed E-state index contributed by atoms with van der Waals surface area (Å²) in [6, 6.07) is 0. The van der Waals surface area contributed by atoms with Crippen LogP contribution in [-0.2, 0) is 11.2 Å². The van der Waals surface area contributed by atoms with Crippen LogP contribution in [0.15, 0.2) is 6.20 Å². The van der Waals surface area contributed by atoms with Gasteiger partial charge in [0.05, 0.1) is 11.9 Å². The summed E-state index contributed by atoms with van der Waals surface area (Å²) in [5.41, 5.74) is 2.87. The molecule has 0 spiro atoms. The van der Waals surface area contributed by atoms with E-state index in [1.165, 1.54) is 0 Å². The van der Waals surface area contributed by atoms with E-state index in [1.54, 1.807) is 6.20 Å². The van der Waals surface area contributed by atoms with Crippen LogP contribution in [-0.4, -0.2) is 16.5 Å². The first-order valence-electron chi connectivity index (χ1n) is 3.47. The van der Waals surface area contributed by atoms with Gasteiger partial charge in [-0.15, -0.1) is 0 Å². The van der Waals surface area contributed by atoms with Crippen molar-refractivity contribution in [1.82, 2.24) is 10.2 Å². The molecule has 0 aromatic carbocycles. The fourth-order valence-electron chi connectivity index (χ4n) is 1.02. The molecular formula is C8H10N2O. The SMILES string of the molecule is Cc1cnnc(C)c1CC=O. The maximum absolute atomic E-state index is 10.2. The minimum Gasteiger partial charge on any atom is -0.303 e. The van der Waals surface area contributed by atoms with Crippen LogP contribution in [0.25, 0.3) is 0 Å². The third kappa shape index (κ3) is 1.61. The molecule has 1 aromatic heterocycles. The largest absolute Gasteiger partial charge is 0.303 e. The van der Waals surface area contributed by atoms with E-state index in [0.29, 0.717) is 6.42 Å². The van der Waals surface area contributed by atoms with Gasteiger partial charge in [-0.05, 0) is 25.0 Å². The molecule has 0 radical (unpaired) electrons. The van der Waals surface area contributed by atoms with Crippen molar-refractivity contribution in [2.75, 3.05) is 0 Å². The Bertz CT molecular complexity index is 251. The average molecular weight is 150 g/mol. The number of hydrogen-bond acceptors (Lipinski definition) is 3. The van der Waals surface area contributed by atoms with E-state index in [9.17, 15) is 4.79 Å². The maximum atomic E-state index is 10.2. The molecule has 11 heavy (non-hydrogen) atoms. The Morgan fingerprint density at radius 2 is 2.27 bits per heavy atom. The quantitative estimate of drug-likeness (QED) is 0.586. The predicted molar refractivity (Wildman–Crippen MR) is 41.3 cm³/mol. The van der Waals surface area contributed by atoms with E-state index in [0.717, 1.165) is 23.1 Å². The molecule has 58 valence electrons. The number of aldehydes is 1. The fourth-order valence-corrected chi connectivity index (χ4v) is 1.02. The van der Waals surface area contributed by atoms with Gasteiger partial charge in [0.25, 0.3) is 0 Å². The normalized spacial score (nSPS) is 9.64. The maximum Gasteiger partial charge on any atom is 0.124 e. The standard InChI is InChI=1S/C8H10N2O/c1-6-5-9-10-7(2)8(6)3-4-11/h4-5H,3H2,1-2H3. The van der Waals surface area contributed by atoms with Crippen molar-refractivity contribution in [1.29, 1.82) is 0 Å². The van der Waals surface area contributed by atoms with Crippen molar-refractivity contribution in [3.05, 3.63) is 23.0 Å². The second kappa shape index (κ2) is 3.23. The van der Waals surface area contributed by atoms with Crippen LogP contribution in [0.1, 0.15) is 16.8 Å². The Morgan fingerprint density at radius 1 is 1.55 bits per heavy atom. The zero-order valence-electron chi connectivity index (χ0n) is 6.66. The van der Waals surface area contributed by atoms with Crippen molar-refractivity contribution < 1.29 is 4.79 Å². The van der Waals surface area contributed by atoms with Crippen LogP contribution >= 0.6 is 0 Å². The molecule has 3 nitrogen and oxygen atoms in total. The number of carbonyl (C=O) groups excluding carboxylic acids is 1. The lowest BCUT2D eigenvalue weighted by Gasteiger charge is -2.02. The third-order valence-corrected chi connectivity index (χ3v) is 1.66. The van der Waals surface area contributed by atoms with Gasteiger partial charge in [-0.3, -0.25) is 0 Å². The summed E-state index contributed by atoms with van der Waals surface area (Å²) >= 11 is 0. The highest BCUT2D eigenvalue weighted by atomic mass is 16.1. The molecule has 0 saturated carbocycles. The number of hydrogen-bond donors (Lipinski definition) is 0. The van der Waals surface area contributed by atoms with Crippen LogP contribution < -0.4 is 0 Å². The molecule has 0 aliphatic heterocycles. The molecule has 0 amide bonds. The Hall–Kier alpha value is -1.25. The lowest BCUT2D eigenvalue weighted by atomic mass is 10.1. The molecule has 0 fully saturated rings. The monoisotopic (exact) mass is 150 g/mol. The molecule has 0 N–H and O–H groups in total. The van der Waals surface area contributed by atoms with Crippen LogP contribution in [0.2, 0.25) is 0 Å². The summed E-state index contributed by atoms with van der Waals surface area (Å²) in [6.45, 7) is 3.79. The molecule has 0 atom stereocenters. The smallest absolute Gasteiger partial charge is 0.124 e. The minimum atomic E-state index is 0.438. The van der Waals surface area contributed by atoms with Gasteiger partial charge in [-0.2, -0.15) is 10.2 Å². The van der Waals surface area contributed by atoms with Gasteiger partial charge in [0.2, 0.25) is 0 Å². The molecule has 1 rings (SSSR count). The van der Waals surface area contributed by atoms with E-state index >= 15 is 0 Å². The molecule has 0 bridgehead atoms. The van der Waals surface area contributed by atoms with Crippen LogP contribution in [0.4, 0.5) is 0 Å². The molecule has 3 heteroatoms. The highest BCUT2D eigenvalue weighted by Crippen LogP contribution is 2.08. The Balaban J connectivity index is 3.09. The van der Waals surface area contributed by atoms with Crippen LogP contribution in [0, 0.1) is 13.8 Å². The van der Waals surface area contributed by atoms with E-state index in [-0.39, 0.29) is 0 Å². The van der Waals surface area contributed by atoms with Gasteiger partial charge < -0.3 is 4.79 Å². The number of rotatable bonds is 2. The van der Waals surface area contributed by atoms with E-state index in [4.69, 9.17) is 0 Å². The Labute approximate surface area is 65.5 Å². The second-order valence-electron chi connectivity index (χ2n) is 2.46. The molecule has 0 unspecified atom stereocenters. The zero-order chi connectivity index (χ0) is 8.27. The summed E-state index contributed by atoms with van der Waals surface area (Å²) in [5.74, 6) is 0. The highest BCUT2D eigenvalue weighted by molar-refractivity contribution is 5.56. The van der Waals surface area contributed by atoms with Gasteiger partial charge >= 0.3 is 0 Å². The van der Waals surface area contributed by atoms with Crippen molar-refractivity contribution in [3.63, 3.8) is 0 Å². The molecule has 0 aliphatic carbocycles. The summed E-state index contributed by atoms with van der Waals surface area (Å²) in [4.78, 5) is 10.2. The van der Waals surface area contributed by atoms with E-state index < -0.39 is 0 Å². The lowest BCUT2D eigenvalue weighted by molar-refractivity contribution is -0.107. The number of carbonyl (C=O) groups is 1. The summed E-state index contributed by atoms with van der Waals surface area (Å²) in [6.07, 6.45) is 3.00. The second-order valence-corrected chi connectivity index (χ2v) is 2.46. The fraction of sp³-hybridized carbons (Fsp3) is 0.375. The van der Waals surface area contributed by atoms with Crippen molar-refractivity contribution in [2.24, 2.45) is 0 Å². The Morgan fingerprint density at radius 3 is 2.82 bits per heavy atom. The first kappa shape index (κ1) is 7.85. The van der Waals surface area contributed by atoms with Gasteiger partial charge in [0.1, 0.15) is 6.29 Å². The van der Waals surface area contributed by atoms with Crippen molar-refractivity contribution >= 4 is 6.29 Å². The van der Waals surface area contributed by atoms with E-state index in [1.807, 2.05) is 13.8 Å². The van der Waals surface area contributed by atoms with Crippen molar-refractivity contribution in [3.8, 4) is 0 Å². The number of nitrogens with zero attached hydrogens (tertiary/aromatic N) is 2. The zero-order valence-corrected chi connectivity index (χ0v) is 6.66. The lowest BCUT2D eigenvalue weighted by Crippen LogP contribution is -1.99. The average Bonchev–Trinajstić information content (AvgIpc) is 1.97. The number of aryl methyl sites for hydroxylation is 2. The first-order valence-corrected chi connectivity index (χ1v) is 3.47. The number of aromatic nitrogens is 2. The molecule has 0 aliphatic rings. The molecule has 0 saturated heterocycles. The highest BCUT2D eigenvalue weighted by Gasteiger charge is 2.01. The topological polar surface area (TPSA) is 42.9 Å². The van der Waals surface area contributed by atoms with Crippen molar-refractivity contribution in [2.45, 2.75) is 20.3 Å². The first-order chi connectivity index (χ1) is 5.25. The molecular weight excluding hydrogens is 140 g/mol. The van der Waals surface area contributed by atoms with Gasteiger partial charge in [0.15, 0.2) is 0 Å². The van der Waals surface area contributed by atoms with Gasteiger partial charge in [-0.1, -0.05) is 0 Å².